The van der Waals surface area contributed by atoms with E-state index in [0.717, 1.165) is 6.07 Å². The van der Waals surface area contributed by atoms with E-state index in [1.165, 1.54) is 0 Å². The summed E-state index contributed by atoms with van der Waals surface area (Å²) in [4.78, 5) is 11.0. The predicted octanol–water partition coefficient (Wildman–Crippen LogP) is 4.75. The highest BCUT2D eigenvalue weighted by molar-refractivity contribution is 6.52. The van der Waals surface area contributed by atoms with E-state index in [-0.39, 0.29) is 20.1 Å². The first-order valence-corrected chi connectivity index (χ1v) is 5.02. The lowest BCUT2D eigenvalue weighted by molar-refractivity contribution is 0.0679. The second-order valence-corrected chi connectivity index (χ2v) is 4.05. The van der Waals surface area contributed by atoms with Gasteiger partial charge in [-0.05, 0) is 6.07 Å². The lowest BCUT2D eigenvalue weighted by Crippen LogP contribution is -2.11. The Kier molecular flexibility index (Phi) is 4.18. The summed E-state index contributed by atoms with van der Waals surface area (Å²) < 4.78 is 24.3. The molecule has 0 aliphatic heterocycles. The van der Waals surface area contributed by atoms with Crippen LogP contribution in [-0.4, -0.2) is 12.2 Å². The van der Waals surface area contributed by atoms with Gasteiger partial charge in [0.2, 0.25) is 5.78 Å². The van der Waals surface area contributed by atoms with Gasteiger partial charge in [0.15, 0.2) is 0 Å². The smallest absolute Gasteiger partial charge is 0.288 e. The lowest BCUT2D eigenvalue weighted by atomic mass is 10.1. The topological polar surface area (TPSA) is 17.1 Å². The van der Waals surface area contributed by atoms with E-state index in [9.17, 15) is 13.6 Å². The molecule has 1 aromatic rings. The zero-order chi connectivity index (χ0) is 11.7. The molecule has 0 aliphatic rings. The maximum Gasteiger partial charge on any atom is 0.300 e. The molecular weight excluding hydrogens is 292 g/mol. The maximum atomic E-state index is 12.1. The Hall–Kier alpha value is -0.0900. The first kappa shape index (κ1) is 13.0. The van der Waals surface area contributed by atoms with Crippen LogP contribution in [0.3, 0.4) is 0 Å². The summed E-state index contributed by atoms with van der Waals surface area (Å²) in [7, 11) is 0. The summed E-state index contributed by atoms with van der Waals surface area (Å²) in [5, 5.41) is -0.713. The molecule has 15 heavy (non-hydrogen) atoms. The van der Waals surface area contributed by atoms with Crippen molar-refractivity contribution >= 4 is 52.2 Å². The third kappa shape index (κ3) is 2.53. The van der Waals surface area contributed by atoms with E-state index in [2.05, 4.69) is 0 Å². The van der Waals surface area contributed by atoms with E-state index in [4.69, 9.17) is 46.4 Å². The minimum Gasteiger partial charge on any atom is -0.288 e. The van der Waals surface area contributed by atoms with Crippen molar-refractivity contribution in [3.05, 3.63) is 31.7 Å². The largest absolute Gasteiger partial charge is 0.300 e. The zero-order valence-electron chi connectivity index (χ0n) is 6.83. The number of benzene rings is 1. The van der Waals surface area contributed by atoms with Gasteiger partial charge in [-0.15, -0.1) is 0 Å². The number of hydrogen-bond acceptors (Lipinski definition) is 1. The van der Waals surface area contributed by atoms with E-state index in [1.54, 1.807) is 0 Å². The molecule has 0 saturated carbocycles. The fourth-order valence-corrected chi connectivity index (χ4v) is 1.76. The molecule has 0 atom stereocenters. The molecule has 0 bridgehead atoms. The molecule has 0 aliphatic carbocycles. The van der Waals surface area contributed by atoms with Crippen LogP contribution < -0.4 is 0 Å². The molecule has 0 heterocycles. The number of rotatable bonds is 2. The van der Waals surface area contributed by atoms with Crippen molar-refractivity contribution in [2.75, 3.05) is 0 Å². The van der Waals surface area contributed by atoms with Gasteiger partial charge in [0.1, 0.15) is 0 Å². The van der Waals surface area contributed by atoms with E-state index >= 15 is 0 Å². The standard InChI is InChI=1S/C8H2Cl4F2O/c9-3-1-2(7(15)8(13)14)4(10)6(12)5(3)11/h1,8H. The summed E-state index contributed by atoms with van der Waals surface area (Å²) in [5.74, 6) is -1.44. The van der Waals surface area contributed by atoms with E-state index in [1.807, 2.05) is 0 Å². The van der Waals surface area contributed by atoms with Gasteiger partial charge >= 0.3 is 6.43 Å². The number of Topliss-reactive ketones (excluding diaryl/α,β-unsaturated/α-hetero) is 1. The molecule has 1 aromatic carbocycles. The van der Waals surface area contributed by atoms with Crippen LogP contribution >= 0.6 is 46.4 Å². The third-order valence-corrected chi connectivity index (χ3v) is 3.32. The Labute approximate surface area is 104 Å². The van der Waals surface area contributed by atoms with Gasteiger partial charge < -0.3 is 0 Å². The SMILES string of the molecule is O=C(c1cc(Cl)c(Cl)c(Cl)c1Cl)C(F)F. The Morgan fingerprint density at radius 2 is 1.60 bits per heavy atom. The van der Waals surface area contributed by atoms with E-state index in [0.29, 0.717) is 0 Å². The lowest BCUT2D eigenvalue weighted by Gasteiger charge is -2.07. The van der Waals surface area contributed by atoms with Gasteiger partial charge in [-0.3, -0.25) is 4.79 Å². The normalized spacial score (nSPS) is 10.9. The monoisotopic (exact) mass is 292 g/mol. The van der Waals surface area contributed by atoms with Crippen LogP contribution in [0.15, 0.2) is 6.07 Å². The average molecular weight is 294 g/mol. The van der Waals surface area contributed by atoms with Crippen LogP contribution in [-0.2, 0) is 0 Å². The van der Waals surface area contributed by atoms with Crippen LogP contribution in [0.1, 0.15) is 10.4 Å². The third-order valence-electron chi connectivity index (χ3n) is 1.57. The molecule has 7 heteroatoms. The van der Waals surface area contributed by atoms with Gasteiger partial charge in [-0.1, -0.05) is 46.4 Å². The van der Waals surface area contributed by atoms with Crippen molar-refractivity contribution in [3.8, 4) is 0 Å². The molecule has 0 saturated heterocycles. The number of ketones is 1. The molecule has 82 valence electrons. The van der Waals surface area contributed by atoms with Crippen molar-refractivity contribution in [2.45, 2.75) is 6.43 Å². The number of halogens is 6. The number of alkyl halides is 2. The first-order chi connectivity index (χ1) is 6.86. The Morgan fingerprint density at radius 1 is 1.07 bits per heavy atom. The summed E-state index contributed by atoms with van der Waals surface area (Å²) in [5.41, 5.74) is -0.439. The molecule has 1 rings (SSSR count). The fourth-order valence-electron chi connectivity index (χ4n) is 0.870. The Balaban J connectivity index is 3.39. The highest BCUT2D eigenvalue weighted by Crippen LogP contribution is 2.38. The molecule has 0 amide bonds. The number of carbonyl (C=O) groups excluding carboxylic acids is 1. The first-order valence-electron chi connectivity index (χ1n) is 3.51. The summed E-state index contributed by atoms with van der Waals surface area (Å²) in [6.07, 6.45) is -3.17. The van der Waals surface area contributed by atoms with Crippen molar-refractivity contribution in [3.63, 3.8) is 0 Å². The zero-order valence-corrected chi connectivity index (χ0v) is 9.85. The van der Waals surface area contributed by atoms with E-state index < -0.39 is 17.8 Å². The van der Waals surface area contributed by atoms with Gasteiger partial charge in [-0.2, -0.15) is 0 Å². The molecule has 0 fully saturated rings. The second-order valence-electron chi connectivity index (χ2n) is 2.51. The van der Waals surface area contributed by atoms with Gasteiger partial charge in [0, 0.05) is 5.56 Å². The van der Waals surface area contributed by atoms with Crippen LogP contribution in [0.4, 0.5) is 8.78 Å². The summed E-state index contributed by atoms with van der Waals surface area (Å²) >= 11 is 22.3. The molecule has 1 nitrogen and oxygen atoms in total. The highest BCUT2D eigenvalue weighted by Gasteiger charge is 2.24. The van der Waals surface area contributed by atoms with Crippen molar-refractivity contribution in [1.82, 2.24) is 0 Å². The highest BCUT2D eigenvalue weighted by atomic mass is 35.5. The molecule has 0 aromatic heterocycles. The molecule has 0 N–H and O–H groups in total. The predicted molar refractivity (Wildman–Crippen MR) is 56.8 cm³/mol. The maximum absolute atomic E-state index is 12.1. The van der Waals surface area contributed by atoms with Crippen LogP contribution in [0.2, 0.25) is 20.1 Å². The van der Waals surface area contributed by atoms with Gasteiger partial charge in [-0.25, -0.2) is 8.78 Å². The average Bonchev–Trinajstić information content (AvgIpc) is 2.19. The van der Waals surface area contributed by atoms with Crippen molar-refractivity contribution in [1.29, 1.82) is 0 Å². The summed E-state index contributed by atoms with van der Waals surface area (Å²) in [6, 6.07) is 0.965. The Morgan fingerprint density at radius 3 is 2.07 bits per heavy atom. The van der Waals surface area contributed by atoms with Gasteiger partial charge in [0.25, 0.3) is 0 Å². The Bertz CT molecular complexity index is 420. The number of carbonyl (C=O) groups is 1. The van der Waals surface area contributed by atoms with Crippen LogP contribution in [0.25, 0.3) is 0 Å². The van der Waals surface area contributed by atoms with Crippen molar-refractivity contribution in [2.24, 2.45) is 0 Å². The molecule has 0 unspecified atom stereocenters. The molecular formula is C8H2Cl4F2O. The fraction of sp³-hybridized carbons (Fsp3) is 0.125. The summed E-state index contributed by atoms with van der Waals surface area (Å²) in [6.45, 7) is 0. The minimum absolute atomic E-state index is 0.0749. The van der Waals surface area contributed by atoms with Crippen LogP contribution in [0.5, 0.6) is 0 Å². The van der Waals surface area contributed by atoms with Gasteiger partial charge in [0.05, 0.1) is 20.1 Å². The molecule has 0 radical (unpaired) electrons. The van der Waals surface area contributed by atoms with Crippen molar-refractivity contribution < 1.29 is 13.6 Å². The van der Waals surface area contributed by atoms with Crippen LogP contribution in [0, 0.1) is 0 Å². The quantitative estimate of drug-likeness (QED) is 0.437. The minimum atomic E-state index is -3.17. The number of hydrogen-bond donors (Lipinski definition) is 0. The second kappa shape index (κ2) is 4.83. The molecule has 0 spiro atoms.